The van der Waals surface area contributed by atoms with Crippen molar-refractivity contribution in [2.75, 3.05) is 12.1 Å². The predicted octanol–water partition coefficient (Wildman–Crippen LogP) is 2.95. The average molecular weight is 337 g/mol. The third-order valence-corrected chi connectivity index (χ3v) is 3.81. The molecule has 1 N–H and O–H groups in total. The molecule has 25 heavy (non-hydrogen) atoms. The Morgan fingerprint density at radius 2 is 2.00 bits per heavy atom. The van der Waals surface area contributed by atoms with Crippen LogP contribution in [0.4, 0.5) is 5.69 Å². The zero-order valence-electron chi connectivity index (χ0n) is 13.5. The van der Waals surface area contributed by atoms with E-state index in [1.165, 1.54) is 0 Å². The molecule has 1 aliphatic rings. The second-order valence-electron chi connectivity index (χ2n) is 5.59. The number of hydrogen-bond acceptors (Lipinski definition) is 6. The monoisotopic (exact) mass is 337 g/mol. The summed E-state index contributed by atoms with van der Waals surface area (Å²) in [7, 11) is 0. The molecule has 2 heterocycles. The molecule has 0 atom stereocenters. The third-order valence-electron chi connectivity index (χ3n) is 3.81. The van der Waals surface area contributed by atoms with Crippen LogP contribution in [0.15, 0.2) is 47.0 Å². The molecule has 2 aromatic carbocycles. The zero-order valence-corrected chi connectivity index (χ0v) is 13.5. The first-order chi connectivity index (χ1) is 12.2. The second kappa shape index (κ2) is 6.27. The standard InChI is InChI=1S/C18H15N3O4/c1-11-19-17(25-21-11)9-12-4-2-3-5-14(12)20-18(22)13-6-7-15-16(8-13)24-10-23-15/h2-8H,9-10H2,1H3,(H,20,22). The first kappa shape index (κ1) is 15.2. The molecule has 0 unspecified atom stereocenters. The second-order valence-corrected chi connectivity index (χ2v) is 5.59. The summed E-state index contributed by atoms with van der Waals surface area (Å²) in [6.45, 7) is 1.94. The maximum atomic E-state index is 12.6. The summed E-state index contributed by atoms with van der Waals surface area (Å²) in [6, 6.07) is 12.6. The molecule has 4 rings (SSSR count). The molecule has 0 spiro atoms. The number of carbonyl (C=O) groups is 1. The number of fused-ring (bicyclic) bond motifs is 1. The van der Waals surface area contributed by atoms with Crippen LogP contribution in [0.5, 0.6) is 11.5 Å². The van der Waals surface area contributed by atoms with Gasteiger partial charge in [-0.2, -0.15) is 4.98 Å². The van der Waals surface area contributed by atoms with E-state index < -0.39 is 0 Å². The number of benzene rings is 2. The van der Waals surface area contributed by atoms with Crippen LogP contribution in [0, 0.1) is 6.92 Å². The van der Waals surface area contributed by atoms with E-state index in [1.54, 1.807) is 25.1 Å². The van der Waals surface area contributed by atoms with Crippen LogP contribution in [0.3, 0.4) is 0 Å². The number of hydrogen-bond donors (Lipinski definition) is 1. The van der Waals surface area contributed by atoms with E-state index in [0.717, 1.165) is 5.56 Å². The van der Waals surface area contributed by atoms with E-state index in [2.05, 4.69) is 15.5 Å². The van der Waals surface area contributed by atoms with Crippen molar-refractivity contribution in [3.05, 3.63) is 65.3 Å². The molecule has 0 fully saturated rings. The Kier molecular flexibility index (Phi) is 3.81. The number of carbonyl (C=O) groups excluding carboxylic acids is 1. The highest BCUT2D eigenvalue weighted by Crippen LogP contribution is 2.32. The van der Waals surface area contributed by atoms with Crippen molar-refractivity contribution in [3.8, 4) is 11.5 Å². The Hall–Kier alpha value is -3.35. The van der Waals surface area contributed by atoms with E-state index in [9.17, 15) is 4.79 Å². The summed E-state index contributed by atoms with van der Waals surface area (Å²) in [5.74, 6) is 2.07. The number of anilines is 1. The van der Waals surface area contributed by atoms with Gasteiger partial charge in [-0.25, -0.2) is 0 Å². The van der Waals surface area contributed by atoms with E-state index in [0.29, 0.717) is 40.9 Å². The highest BCUT2D eigenvalue weighted by atomic mass is 16.7. The molecule has 1 amide bonds. The van der Waals surface area contributed by atoms with E-state index in [4.69, 9.17) is 14.0 Å². The average Bonchev–Trinajstić information content (AvgIpc) is 3.24. The van der Waals surface area contributed by atoms with Gasteiger partial charge in [-0.1, -0.05) is 23.4 Å². The number of rotatable bonds is 4. The van der Waals surface area contributed by atoms with Crippen molar-refractivity contribution in [3.63, 3.8) is 0 Å². The van der Waals surface area contributed by atoms with Crippen LogP contribution in [-0.4, -0.2) is 22.8 Å². The Labute approximate surface area is 143 Å². The summed E-state index contributed by atoms with van der Waals surface area (Å²) in [5.41, 5.74) is 2.08. The van der Waals surface area contributed by atoms with Crippen molar-refractivity contribution < 1.29 is 18.8 Å². The molecule has 0 aliphatic carbocycles. The minimum absolute atomic E-state index is 0.173. The number of nitrogens with zero attached hydrogens (tertiary/aromatic N) is 2. The van der Waals surface area contributed by atoms with Gasteiger partial charge in [0.25, 0.3) is 5.91 Å². The van der Waals surface area contributed by atoms with Crippen LogP contribution >= 0.6 is 0 Å². The van der Waals surface area contributed by atoms with Gasteiger partial charge in [0.15, 0.2) is 17.3 Å². The molecular formula is C18H15N3O4. The van der Waals surface area contributed by atoms with Crippen molar-refractivity contribution >= 4 is 11.6 Å². The van der Waals surface area contributed by atoms with Crippen LogP contribution in [-0.2, 0) is 6.42 Å². The van der Waals surface area contributed by atoms with Gasteiger partial charge in [0.2, 0.25) is 12.7 Å². The molecule has 0 saturated heterocycles. The Morgan fingerprint density at radius 1 is 1.16 bits per heavy atom. The number of nitrogens with one attached hydrogen (secondary N) is 1. The van der Waals surface area contributed by atoms with E-state index in [1.807, 2.05) is 24.3 Å². The lowest BCUT2D eigenvalue weighted by Gasteiger charge is -2.10. The molecule has 0 radical (unpaired) electrons. The van der Waals surface area contributed by atoms with Crippen LogP contribution in [0.25, 0.3) is 0 Å². The minimum atomic E-state index is -0.229. The van der Waals surface area contributed by atoms with Gasteiger partial charge in [-0.15, -0.1) is 0 Å². The number of aryl methyl sites for hydroxylation is 1. The first-order valence-electron chi connectivity index (χ1n) is 7.77. The normalized spacial score (nSPS) is 12.2. The van der Waals surface area contributed by atoms with E-state index in [-0.39, 0.29) is 12.7 Å². The van der Waals surface area contributed by atoms with Crippen molar-refractivity contribution in [2.45, 2.75) is 13.3 Å². The fourth-order valence-electron chi connectivity index (χ4n) is 2.60. The van der Waals surface area contributed by atoms with Crippen molar-refractivity contribution in [1.29, 1.82) is 0 Å². The zero-order chi connectivity index (χ0) is 17.2. The molecule has 1 aliphatic heterocycles. The Balaban J connectivity index is 1.55. The number of para-hydroxylation sites is 1. The number of ether oxygens (including phenoxy) is 2. The van der Waals surface area contributed by atoms with Gasteiger partial charge in [-0.3, -0.25) is 4.79 Å². The van der Waals surface area contributed by atoms with Crippen molar-refractivity contribution in [2.24, 2.45) is 0 Å². The maximum absolute atomic E-state index is 12.6. The fraction of sp³-hybridized carbons (Fsp3) is 0.167. The SMILES string of the molecule is Cc1noc(Cc2ccccc2NC(=O)c2ccc3c(c2)OCO3)n1. The van der Waals surface area contributed by atoms with Gasteiger partial charge in [0.1, 0.15) is 0 Å². The van der Waals surface area contributed by atoms with Gasteiger partial charge in [0, 0.05) is 11.3 Å². The lowest BCUT2D eigenvalue weighted by Crippen LogP contribution is -2.13. The van der Waals surface area contributed by atoms with Gasteiger partial charge in [-0.05, 0) is 36.8 Å². The quantitative estimate of drug-likeness (QED) is 0.788. The molecule has 126 valence electrons. The van der Waals surface area contributed by atoms with Gasteiger partial charge in [0.05, 0.1) is 6.42 Å². The lowest BCUT2D eigenvalue weighted by molar-refractivity contribution is 0.102. The van der Waals surface area contributed by atoms with Gasteiger partial charge < -0.3 is 19.3 Å². The molecule has 0 bridgehead atoms. The first-order valence-corrected chi connectivity index (χ1v) is 7.77. The molecule has 7 heteroatoms. The lowest BCUT2D eigenvalue weighted by atomic mass is 10.1. The highest BCUT2D eigenvalue weighted by molar-refractivity contribution is 6.05. The number of aromatic nitrogens is 2. The van der Waals surface area contributed by atoms with Crippen molar-refractivity contribution in [1.82, 2.24) is 10.1 Å². The summed E-state index contributed by atoms with van der Waals surface area (Å²) in [5, 5.41) is 6.70. The van der Waals surface area contributed by atoms with Gasteiger partial charge >= 0.3 is 0 Å². The molecule has 3 aromatic rings. The Morgan fingerprint density at radius 3 is 2.84 bits per heavy atom. The maximum Gasteiger partial charge on any atom is 0.255 e. The van der Waals surface area contributed by atoms with Crippen LogP contribution in [0.2, 0.25) is 0 Å². The van der Waals surface area contributed by atoms with E-state index >= 15 is 0 Å². The largest absolute Gasteiger partial charge is 0.454 e. The predicted molar refractivity (Wildman–Crippen MR) is 88.8 cm³/mol. The summed E-state index contributed by atoms with van der Waals surface area (Å²) in [4.78, 5) is 16.8. The summed E-state index contributed by atoms with van der Waals surface area (Å²) >= 11 is 0. The van der Waals surface area contributed by atoms with Crippen LogP contribution < -0.4 is 14.8 Å². The number of amides is 1. The van der Waals surface area contributed by atoms with Crippen LogP contribution in [0.1, 0.15) is 27.6 Å². The third kappa shape index (κ3) is 3.16. The Bertz CT molecular complexity index is 936. The molecular weight excluding hydrogens is 322 g/mol. The molecule has 1 aromatic heterocycles. The summed E-state index contributed by atoms with van der Waals surface area (Å²) < 4.78 is 15.7. The topological polar surface area (TPSA) is 86.5 Å². The highest BCUT2D eigenvalue weighted by Gasteiger charge is 2.17. The molecule has 0 saturated carbocycles. The molecule has 7 nitrogen and oxygen atoms in total. The smallest absolute Gasteiger partial charge is 0.255 e. The minimum Gasteiger partial charge on any atom is -0.454 e. The summed E-state index contributed by atoms with van der Waals surface area (Å²) in [6.07, 6.45) is 0.443. The fourth-order valence-corrected chi connectivity index (χ4v) is 2.60.